The number of hydrogen-bond donors (Lipinski definition) is 0. The van der Waals surface area contributed by atoms with Gasteiger partial charge in [-0.05, 0) is 132 Å². The highest BCUT2D eigenvalue weighted by Gasteiger charge is 2.17. The number of unbranched alkanes of at least 4 members (excludes halogenated alkanes) is 6. The highest BCUT2D eigenvalue weighted by Crippen LogP contribution is 2.38. The minimum absolute atomic E-state index is 0.826. The Morgan fingerprint density at radius 3 is 0.851 bits per heavy atom. The first-order valence-electron chi connectivity index (χ1n) is 26.5. The number of pyridine rings is 4. The van der Waals surface area contributed by atoms with Crippen molar-refractivity contribution in [3.05, 3.63) is 193 Å². The van der Waals surface area contributed by atoms with Crippen molar-refractivity contribution in [2.75, 3.05) is 14.2 Å². The van der Waals surface area contributed by atoms with Gasteiger partial charge < -0.3 is 9.47 Å². The van der Waals surface area contributed by atoms with Gasteiger partial charge in [-0.2, -0.15) is 0 Å². The number of aryl methyl sites for hydroxylation is 2. The molecular weight excluding hydrogens is 905 g/mol. The fourth-order valence-corrected chi connectivity index (χ4v) is 10.5. The monoisotopic (exact) mass is 966 g/mol. The zero-order valence-corrected chi connectivity index (χ0v) is 43.0. The number of aromatic nitrogens is 4. The SMILES string of the molecule is CCCCCCc1cc(-c2ccc(-c3ccc4ccc5ccc(-c6ccc(OC)cc6)nc5c4n3)cc2)c(CCCCCC)cc1-c1ccc(-c2ccc3ccc4ccc(-c5ccc(OC)cc5)nc4c3n2)cc1. The van der Waals surface area contributed by atoms with E-state index in [0.29, 0.717) is 0 Å². The third-order valence-electron chi connectivity index (χ3n) is 14.7. The summed E-state index contributed by atoms with van der Waals surface area (Å²) in [5.41, 5.74) is 19.5. The summed E-state index contributed by atoms with van der Waals surface area (Å²) in [5, 5.41) is 4.28. The van der Waals surface area contributed by atoms with Crippen LogP contribution < -0.4 is 9.47 Å². The van der Waals surface area contributed by atoms with Gasteiger partial charge in [-0.15, -0.1) is 0 Å². The Hall–Kier alpha value is -8.22. The predicted molar refractivity (Wildman–Crippen MR) is 309 cm³/mol. The third-order valence-corrected chi connectivity index (χ3v) is 14.7. The standard InChI is InChI=1S/C68H62N4O2/c1-5-7-9-11-13-55-43-60(46-17-21-48(22-18-46)62-40-32-52-24-26-54-34-42-64(72-68(54)66(52)70-62)50-29-37-58(74-4)38-30-50)56(14-12-10-8-6-2)44-59(55)45-15-19-47(20-16-45)61-39-31-51-23-25-53-33-41-63(71-67(53)65(51)69-61)49-27-35-57(73-3)36-28-49/h15-44H,5-14H2,1-4H3. The summed E-state index contributed by atoms with van der Waals surface area (Å²) in [5.74, 6) is 1.65. The van der Waals surface area contributed by atoms with E-state index >= 15 is 0 Å². The number of benzene rings is 7. The molecule has 366 valence electrons. The molecule has 0 aliphatic carbocycles. The molecule has 0 unspecified atom stereocenters. The van der Waals surface area contributed by atoms with Gasteiger partial charge in [0.15, 0.2) is 0 Å². The first kappa shape index (κ1) is 48.1. The van der Waals surface area contributed by atoms with Crippen molar-refractivity contribution < 1.29 is 9.47 Å². The molecule has 0 N–H and O–H groups in total. The van der Waals surface area contributed by atoms with Gasteiger partial charge in [-0.3, -0.25) is 0 Å². The Morgan fingerprint density at radius 1 is 0.297 bits per heavy atom. The van der Waals surface area contributed by atoms with Gasteiger partial charge in [0.25, 0.3) is 0 Å². The quantitative estimate of drug-likeness (QED) is 0.0630. The average Bonchev–Trinajstić information content (AvgIpc) is 3.47. The van der Waals surface area contributed by atoms with E-state index in [1.54, 1.807) is 14.2 Å². The van der Waals surface area contributed by atoms with Crippen LogP contribution in [0.4, 0.5) is 0 Å². The molecule has 4 heterocycles. The largest absolute Gasteiger partial charge is 0.497 e. The molecule has 4 aromatic heterocycles. The van der Waals surface area contributed by atoms with Gasteiger partial charge in [0.1, 0.15) is 11.5 Å². The maximum Gasteiger partial charge on any atom is 0.118 e. The molecule has 0 saturated carbocycles. The second kappa shape index (κ2) is 21.9. The molecule has 0 amide bonds. The van der Waals surface area contributed by atoms with E-state index in [4.69, 9.17) is 29.4 Å². The van der Waals surface area contributed by atoms with Gasteiger partial charge in [-0.1, -0.05) is 162 Å². The van der Waals surface area contributed by atoms with Crippen molar-refractivity contribution in [2.45, 2.75) is 78.1 Å². The second-order valence-corrected chi connectivity index (χ2v) is 19.6. The number of hydrogen-bond acceptors (Lipinski definition) is 6. The molecule has 0 bridgehead atoms. The molecule has 0 spiro atoms. The zero-order valence-electron chi connectivity index (χ0n) is 43.0. The number of ether oxygens (including phenoxy) is 2. The molecule has 7 aromatic carbocycles. The summed E-state index contributed by atoms with van der Waals surface area (Å²) < 4.78 is 10.8. The zero-order chi connectivity index (χ0) is 50.4. The topological polar surface area (TPSA) is 70.0 Å². The Morgan fingerprint density at radius 2 is 0.568 bits per heavy atom. The lowest BCUT2D eigenvalue weighted by molar-refractivity contribution is 0.415. The van der Waals surface area contributed by atoms with Crippen LogP contribution in [0.15, 0.2) is 182 Å². The third kappa shape index (κ3) is 10.1. The van der Waals surface area contributed by atoms with Crippen molar-refractivity contribution in [3.8, 4) is 78.8 Å². The van der Waals surface area contributed by atoms with E-state index in [2.05, 4.69) is 172 Å². The first-order chi connectivity index (χ1) is 36.5. The summed E-state index contributed by atoms with van der Waals surface area (Å²) in [6, 6.07) is 65.0. The normalized spacial score (nSPS) is 11.5. The minimum atomic E-state index is 0.826. The van der Waals surface area contributed by atoms with Gasteiger partial charge in [0.05, 0.1) is 59.1 Å². The van der Waals surface area contributed by atoms with E-state index in [0.717, 1.165) is 126 Å². The number of nitrogens with zero attached hydrogens (tertiary/aromatic N) is 4. The maximum absolute atomic E-state index is 5.41. The fourth-order valence-electron chi connectivity index (χ4n) is 10.5. The minimum Gasteiger partial charge on any atom is -0.497 e. The molecule has 6 heteroatoms. The van der Waals surface area contributed by atoms with Crippen LogP contribution in [0.25, 0.3) is 111 Å². The molecule has 0 atom stereocenters. The van der Waals surface area contributed by atoms with Crippen molar-refractivity contribution in [2.24, 2.45) is 0 Å². The molecule has 11 aromatic rings. The van der Waals surface area contributed by atoms with E-state index in [9.17, 15) is 0 Å². The number of methoxy groups -OCH3 is 2. The van der Waals surface area contributed by atoms with Crippen LogP contribution in [-0.2, 0) is 12.8 Å². The first-order valence-corrected chi connectivity index (χ1v) is 26.5. The van der Waals surface area contributed by atoms with Crippen molar-refractivity contribution in [1.82, 2.24) is 19.9 Å². The number of fused-ring (bicyclic) bond motifs is 6. The predicted octanol–water partition coefficient (Wildman–Crippen LogP) is 18.1. The summed E-state index contributed by atoms with van der Waals surface area (Å²) in [6.07, 6.45) is 11.8. The maximum atomic E-state index is 5.41. The van der Waals surface area contributed by atoms with Crippen molar-refractivity contribution >= 4 is 43.6 Å². The Kier molecular flexibility index (Phi) is 14.2. The van der Waals surface area contributed by atoms with Crippen LogP contribution >= 0.6 is 0 Å². The van der Waals surface area contributed by atoms with Crippen molar-refractivity contribution in [3.63, 3.8) is 0 Å². The molecule has 0 aliphatic rings. The van der Waals surface area contributed by atoms with E-state index < -0.39 is 0 Å². The summed E-state index contributed by atoms with van der Waals surface area (Å²) in [6.45, 7) is 4.58. The highest BCUT2D eigenvalue weighted by molar-refractivity contribution is 6.05. The molecule has 6 nitrogen and oxygen atoms in total. The van der Waals surface area contributed by atoms with Gasteiger partial charge >= 0.3 is 0 Å². The Bertz CT molecular complexity index is 3510. The van der Waals surface area contributed by atoms with Crippen LogP contribution in [0.3, 0.4) is 0 Å². The lowest BCUT2D eigenvalue weighted by Gasteiger charge is -2.18. The van der Waals surface area contributed by atoms with Crippen LogP contribution in [0.2, 0.25) is 0 Å². The van der Waals surface area contributed by atoms with Crippen LogP contribution in [-0.4, -0.2) is 34.2 Å². The molecule has 0 fully saturated rings. The molecular formula is C68H62N4O2. The van der Waals surface area contributed by atoms with E-state index in [-0.39, 0.29) is 0 Å². The number of rotatable bonds is 18. The summed E-state index contributed by atoms with van der Waals surface area (Å²) in [7, 11) is 3.38. The lowest BCUT2D eigenvalue weighted by atomic mass is 9.86. The summed E-state index contributed by atoms with van der Waals surface area (Å²) >= 11 is 0. The highest BCUT2D eigenvalue weighted by atomic mass is 16.5. The van der Waals surface area contributed by atoms with Crippen LogP contribution in [0, 0.1) is 0 Å². The Labute approximate surface area is 435 Å². The van der Waals surface area contributed by atoms with E-state index in [1.807, 2.05) is 24.3 Å². The molecule has 0 saturated heterocycles. The smallest absolute Gasteiger partial charge is 0.118 e. The van der Waals surface area contributed by atoms with Gasteiger partial charge in [0, 0.05) is 43.8 Å². The van der Waals surface area contributed by atoms with Crippen molar-refractivity contribution in [1.29, 1.82) is 0 Å². The lowest BCUT2D eigenvalue weighted by Crippen LogP contribution is -1.99. The second-order valence-electron chi connectivity index (χ2n) is 19.6. The van der Waals surface area contributed by atoms with E-state index in [1.165, 1.54) is 71.9 Å². The van der Waals surface area contributed by atoms with Crippen LogP contribution in [0.1, 0.15) is 76.3 Å². The average molecular weight is 967 g/mol. The molecule has 74 heavy (non-hydrogen) atoms. The molecule has 0 radical (unpaired) electrons. The molecule has 11 rings (SSSR count). The van der Waals surface area contributed by atoms with Crippen LogP contribution in [0.5, 0.6) is 11.5 Å². The summed E-state index contributed by atoms with van der Waals surface area (Å²) in [4.78, 5) is 20.9. The molecule has 0 aliphatic heterocycles. The Balaban J connectivity index is 0.926. The fraction of sp³-hybridized carbons (Fsp3) is 0.206. The van der Waals surface area contributed by atoms with Gasteiger partial charge in [-0.25, -0.2) is 19.9 Å². The van der Waals surface area contributed by atoms with Gasteiger partial charge in [0.2, 0.25) is 0 Å².